The Kier molecular flexibility index (Phi) is 7.12. The third kappa shape index (κ3) is 5.83. The number of urea groups is 1. The number of para-hydroxylation sites is 1. The van der Waals surface area contributed by atoms with E-state index in [1.54, 1.807) is 30.1 Å². The number of ether oxygens (including phenoxy) is 1. The van der Waals surface area contributed by atoms with Gasteiger partial charge in [-0.25, -0.2) is 17.5 Å². The number of carbonyl (C=O) groups is 2. The van der Waals surface area contributed by atoms with Gasteiger partial charge in [-0.1, -0.05) is 13.0 Å². The smallest absolute Gasteiger partial charge is 0.319 e. The highest BCUT2D eigenvalue weighted by atomic mass is 32.2. The molecule has 0 aromatic heterocycles. The van der Waals surface area contributed by atoms with Crippen LogP contribution in [0.15, 0.2) is 18.2 Å². The van der Waals surface area contributed by atoms with Crippen LogP contribution in [0.3, 0.4) is 0 Å². The van der Waals surface area contributed by atoms with E-state index in [-0.39, 0.29) is 30.2 Å². The van der Waals surface area contributed by atoms with Gasteiger partial charge in [-0.05, 0) is 26.0 Å². The molecule has 0 radical (unpaired) electrons. The van der Waals surface area contributed by atoms with Crippen molar-refractivity contribution in [2.75, 3.05) is 38.8 Å². The van der Waals surface area contributed by atoms with Gasteiger partial charge in [0, 0.05) is 32.6 Å². The van der Waals surface area contributed by atoms with Gasteiger partial charge in [0.05, 0.1) is 24.1 Å². The summed E-state index contributed by atoms with van der Waals surface area (Å²) in [5.74, 6) is -0.129. The molecule has 1 aromatic carbocycles. The van der Waals surface area contributed by atoms with E-state index in [2.05, 4.69) is 10.6 Å². The zero-order valence-electron chi connectivity index (χ0n) is 17.7. The summed E-state index contributed by atoms with van der Waals surface area (Å²) in [7, 11) is -0.220. The molecule has 2 N–H and O–H groups in total. The molecule has 1 heterocycles. The summed E-state index contributed by atoms with van der Waals surface area (Å²) in [5.41, 5.74) is 0.664. The molecule has 0 bridgehead atoms. The zero-order valence-corrected chi connectivity index (χ0v) is 18.5. The van der Waals surface area contributed by atoms with E-state index in [1.165, 1.54) is 11.4 Å². The Morgan fingerprint density at radius 1 is 1.38 bits per heavy atom. The molecule has 0 unspecified atom stereocenters. The van der Waals surface area contributed by atoms with Crippen molar-refractivity contribution in [2.45, 2.75) is 32.9 Å². The first kappa shape index (κ1) is 23.0. The Labute approximate surface area is 172 Å². The van der Waals surface area contributed by atoms with Gasteiger partial charge in [0.25, 0.3) is 5.91 Å². The summed E-state index contributed by atoms with van der Waals surface area (Å²) in [4.78, 5) is 26.6. The minimum atomic E-state index is -3.40. The molecule has 1 aliphatic heterocycles. The summed E-state index contributed by atoms with van der Waals surface area (Å²) in [6, 6.07) is 4.47. The van der Waals surface area contributed by atoms with Crippen LogP contribution in [0, 0.1) is 5.92 Å². The van der Waals surface area contributed by atoms with E-state index >= 15 is 0 Å². The second-order valence-electron chi connectivity index (χ2n) is 7.80. The van der Waals surface area contributed by atoms with Crippen LogP contribution in [0.5, 0.6) is 5.75 Å². The van der Waals surface area contributed by atoms with Crippen LogP contribution in [0.1, 0.15) is 31.1 Å². The van der Waals surface area contributed by atoms with Crippen molar-refractivity contribution in [1.82, 2.24) is 14.5 Å². The fourth-order valence-corrected chi connectivity index (χ4v) is 3.48. The first-order chi connectivity index (χ1) is 13.4. The predicted octanol–water partition coefficient (Wildman–Crippen LogP) is 1.58. The van der Waals surface area contributed by atoms with Crippen LogP contribution in [0.4, 0.5) is 10.5 Å². The third-order valence-electron chi connectivity index (χ3n) is 4.73. The molecule has 9 nitrogen and oxygen atoms in total. The van der Waals surface area contributed by atoms with Gasteiger partial charge in [-0.2, -0.15) is 0 Å². The second kappa shape index (κ2) is 9.00. The number of nitrogens with zero attached hydrogens (tertiary/aromatic N) is 2. The lowest BCUT2D eigenvalue weighted by molar-refractivity contribution is 0.0607. The van der Waals surface area contributed by atoms with Crippen molar-refractivity contribution in [1.29, 1.82) is 0 Å². The number of anilines is 1. The molecule has 162 valence electrons. The fourth-order valence-electron chi connectivity index (χ4n) is 3.06. The SMILES string of the molecule is CC(C)NC(=O)Nc1cccc2c1O[C@H](CN(C)S(C)(=O)=O)[C@@H](C)CN(C)C2=O. The van der Waals surface area contributed by atoms with Crippen molar-refractivity contribution in [3.05, 3.63) is 23.8 Å². The minimum absolute atomic E-state index is 0.0645. The van der Waals surface area contributed by atoms with Crippen LogP contribution in [-0.4, -0.2) is 75.1 Å². The van der Waals surface area contributed by atoms with Crippen molar-refractivity contribution in [3.8, 4) is 5.75 Å². The molecule has 0 saturated carbocycles. The van der Waals surface area contributed by atoms with Crippen molar-refractivity contribution < 1.29 is 22.7 Å². The number of benzene rings is 1. The third-order valence-corrected chi connectivity index (χ3v) is 6.01. The molecule has 3 amide bonds. The minimum Gasteiger partial charge on any atom is -0.486 e. The van der Waals surface area contributed by atoms with Gasteiger partial charge in [-0.15, -0.1) is 0 Å². The van der Waals surface area contributed by atoms with Crippen molar-refractivity contribution in [3.63, 3.8) is 0 Å². The van der Waals surface area contributed by atoms with E-state index < -0.39 is 22.2 Å². The summed E-state index contributed by atoms with van der Waals surface area (Å²) < 4.78 is 31.2. The average Bonchev–Trinajstić information content (AvgIpc) is 2.59. The predicted molar refractivity (Wildman–Crippen MR) is 112 cm³/mol. The average molecular weight is 427 g/mol. The number of nitrogens with one attached hydrogen (secondary N) is 2. The Bertz CT molecular complexity index is 871. The summed E-state index contributed by atoms with van der Waals surface area (Å²) >= 11 is 0. The zero-order chi connectivity index (χ0) is 21.9. The Morgan fingerprint density at radius 2 is 2.03 bits per heavy atom. The maximum absolute atomic E-state index is 12.9. The lowest BCUT2D eigenvalue weighted by Gasteiger charge is -2.35. The molecule has 1 aromatic rings. The fraction of sp³-hybridized carbons (Fsp3) is 0.579. The Balaban J connectivity index is 2.44. The molecule has 0 aliphatic carbocycles. The molecular weight excluding hydrogens is 396 g/mol. The number of likely N-dealkylation sites (N-methyl/N-ethyl adjacent to an activating group) is 1. The van der Waals surface area contributed by atoms with Gasteiger partial charge in [0.15, 0.2) is 5.75 Å². The number of fused-ring (bicyclic) bond motifs is 1. The van der Waals surface area contributed by atoms with Gasteiger partial charge in [0.2, 0.25) is 10.0 Å². The normalized spacial score (nSPS) is 20.0. The number of hydrogen-bond acceptors (Lipinski definition) is 5. The van der Waals surface area contributed by atoms with Gasteiger partial charge < -0.3 is 20.3 Å². The molecular formula is C19H30N4O5S. The first-order valence-corrected chi connectivity index (χ1v) is 11.3. The maximum Gasteiger partial charge on any atom is 0.319 e. The number of hydrogen-bond donors (Lipinski definition) is 2. The lowest BCUT2D eigenvalue weighted by Crippen LogP contribution is -2.46. The molecule has 0 fully saturated rings. The van der Waals surface area contributed by atoms with Crippen LogP contribution < -0.4 is 15.4 Å². The van der Waals surface area contributed by atoms with Crippen molar-refractivity contribution in [2.24, 2.45) is 5.92 Å². The number of carbonyl (C=O) groups excluding carboxylic acids is 2. The molecule has 1 aliphatic rings. The summed E-state index contributed by atoms with van der Waals surface area (Å²) in [6.45, 7) is 6.10. The number of rotatable bonds is 5. The van der Waals surface area contributed by atoms with Crippen LogP contribution in [0.25, 0.3) is 0 Å². The first-order valence-electron chi connectivity index (χ1n) is 9.44. The van der Waals surface area contributed by atoms with E-state index in [0.29, 0.717) is 17.8 Å². The number of amides is 3. The van der Waals surface area contributed by atoms with Gasteiger partial charge in [-0.3, -0.25) is 4.79 Å². The van der Waals surface area contributed by atoms with Gasteiger partial charge >= 0.3 is 6.03 Å². The van der Waals surface area contributed by atoms with Crippen LogP contribution >= 0.6 is 0 Å². The highest BCUT2D eigenvalue weighted by Gasteiger charge is 2.32. The Morgan fingerprint density at radius 3 is 2.62 bits per heavy atom. The molecule has 2 atom stereocenters. The summed E-state index contributed by atoms with van der Waals surface area (Å²) in [6.07, 6.45) is 0.619. The van der Waals surface area contributed by atoms with Gasteiger partial charge in [0.1, 0.15) is 6.10 Å². The highest BCUT2D eigenvalue weighted by molar-refractivity contribution is 7.88. The van der Waals surface area contributed by atoms with E-state index in [0.717, 1.165) is 6.26 Å². The molecule has 29 heavy (non-hydrogen) atoms. The van der Waals surface area contributed by atoms with Crippen molar-refractivity contribution >= 4 is 27.6 Å². The van der Waals surface area contributed by atoms with Crippen LogP contribution in [-0.2, 0) is 10.0 Å². The van der Waals surface area contributed by atoms with E-state index in [9.17, 15) is 18.0 Å². The topological polar surface area (TPSA) is 108 Å². The number of sulfonamides is 1. The largest absolute Gasteiger partial charge is 0.486 e. The Hall–Kier alpha value is -2.33. The molecule has 0 saturated heterocycles. The summed E-state index contributed by atoms with van der Waals surface area (Å²) in [5, 5.41) is 5.46. The standard InChI is InChI=1S/C19H30N4O5S/c1-12(2)20-19(25)21-15-9-7-8-14-17(15)28-16(11-23(5)29(6,26)27)13(3)10-22(4)18(14)24/h7-9,12-13,16H,10-11H2,1-6H3,(H2,20,21,25)/t13-,16+/m0/s1. The maximum atomic E-state index is 12.9. The van der Waals surface area contributed by atoms with E-state index in [1.807, 2.05) is 20.8 Å². The highest BCUT2D eigenvalue weighted by Crippen LogP contribution is 2.34. The molecule has 10 heteroatoms. The monoisotopic (exact) mass is 426 g/mol. The van der Waals surface area contributed by atoms with E-state index in [4.69, 9.17) is 4.74 Å². The second-order valence-corrected chi connectivity index (χ2v) is 9.89. The lowest BCUT2D eigenvalue weighted by atomic mass is 10.0. The quantitative estimate of drug-likeness (QED) is 0.743. The molecule has 2 rings (SSSR count). The van der Waals surface area contributed by atoms with Crippen LogP contribution in [0.2, 0.25) is 0 Å². The molecule has 0 spiro atoms.